The fraction of sp³-hybridized carbons (Fsp3) is 0.417. The molecule has 1 aromatic rings. The minimum atomic E-state index is -3.61. The Labute approximate surface area is 131 Å². The van der Waals surface area contributed by atoms with E-state index >= 15 is 0 Å². The highest BCUT2D eigenvalue weighted by Gasteiger charge is 2.34. The van der Waals surface area contributed by atoms with Gasteiger partial charge in [-0.2, -0.15) is 4.31 Å². The number of ether oxygens (including phenoxy) is 2. The van der Waals surface area contributed by atoms with E-state index < -0.39 is 22.1 Å². The number of hydrogen-bond acceptors (Lipinski definition) is 5. The number of esters is 1. The largest absolute Gasteiger partial charge is 0.467 e. The highest BCUT2D eigenvalue weighted by Crippen LogP contribution is 2.20. The van der Waals surface area contributed by atoms with Gasteiger partial charge < -0.3 is 9.47 Å². The summed E-state index contributed by atoms with van der Waals surface area (Å²) in [5.41, 5.74) is 0. The highest BCUT2D eigenvalue weighted by molar-refractivity contribution is 14.1. The molecule has 0 aromatic heterocycles. The van der Waals surface area contributed by atoms with Gasteiger partial charge >= 0.3 is 5.97 Å². The molecule has 8 heteroatoms. The molecule has 20 heavy (non-hydrogen) atoms. The molecule has 2 rings (SSSR count). The van der Waals surface area contributed by atoms with Gasteiger partial charge in [0.25, 0.3) is 0 Å². The summed E-state index contributed by atoms with van der Waals surface area (Å²) < 4.78 is 37.0. The Morgan fingerprint density at radius 2 is 2.05 bits per heavy atom. The molecular formula is C12H14INO5S. The first-order chi connectivity index (χ1) is 9.45. The van der Waals surface area contributed by atoms with Crippen molar-refractivity contribution in [2.75, 3.05) is 26.8 Å². The molecule has 6 nitrogen and oxygen atoms in total. The first-order valence-electron chi connectivity index (χ1n) is 5.90. The van der Waals surface area contributed by atoms with Gasteiger partial charge in [0.1, 0.15) is 0 Å². The molecule has 0 saturated carbocycles. The Bertz CT molecular complexity index is 586. The van der Waals surface area contributed by atoms with Crippen LogP contribution in [0.5, 0.6) is 0 Å². The zero-order chi connectivity index (χ0) is 14.8. The van der Waals surface area contributed by atoms with Gasteiger partial charge in [0.05, 0.1) is 25.2 Å². The molecule has 0 spiro atoms. The molecule has 1 fully saturated rings. The van der Waals surface area contributed by atoms with Crippen LogP contribution in [0, 0.1) is 3.57 Å². The van der Waals surface area contributed by atoms with Crippen molar-refractivity contribution >= 4 is 38.6 Å². The van der Waals surface area contributed by atoms with E-state index in [0.717, 1.165) is 3.57 Å². The van der Waals surface area contributed by atoms with Crippen LogP contribution in [0.4, 0.5) is 0 Å². The minimum Gasteiger partial charge on any atom is -0.467 e. The van der Waals surface area contributed by atoms with Crippen LogP contribution in [0.1, 0.15) is 0 Å². The van der Waals surface area contributed by atoms with E-state index in [4.69, 9.17) is 4.74 Å². The normalized spacial score (nSPS) is 20.6. The van der Waals surface area contributed by atoms with Gasteiger partial charge in [-0.1, -0.05) is 0 Å². The third-order valence-electron chi connectivity index (χ3n) is 2.94. The highest BCUT2D eigenvalue weighted by atomic mass is 127. The summed E-state index contributed by atoms with van der Waals surface area (Å²) in [4.78, 5) is 11.7. The Morgan fingerprint density at radius 3 is 2.65 bits per heavy atom. The molecule has 1 saturated heterocycles. The summed E-state index contributed by atoms with van der Waals surface area (Å²) in [7, 11) is -2.36. The zero-order valence-corrected chi connectivity index (χ0v) is 13.8. The number of morpholine rings is 1. The van der Waals surface area contributed by atoms with Crippen molar-refractivity contribution in [2.45, 2.75) is 11.0 Å². The quantitative estimate of drug-likeness (QED) is 0.545. The van der Waals surface area contributed by atoms with Gasteiger partial charge in [0.2, 0.25) is 10.0 Å². The van der Waals surface area contributed by atoms with Crippen LogP contribution in [0.2, 0.25) is 0 Å². The van der Waals surface area contributed by atoms with E-state index in [-0.39, 0.29) is 24.6 Å². The van der Waals surface area contributed by atoms with Crippen LogP contribution in [0.15, 0.2) is 29.2 Å². The fourth-order valence-corrected chi connectivity index (χ4v) is 3.66. The standard InChI is InChI=1S/C12H14INO5S/c1-18-12(15)11-8-14(6-7-19-11)20(16,17)10-4-2-9(13)3-5-10/h2-5,11H,6-8H2,1H3. The first kappa shape index (κ1) is 15.7. The minimum absolute atomic E-state index is 0.0268. The lowest BCUT2D eigenvalue weighted by atomic mass is 10.3. The van der Waals surface area contributed by atoms with Crippen molar-refractivity contribution in [3.63, 3.8) is 0 Å². The Morgan fingerprint density at radius 1 is 1.40 bits per heavy atom. The number of rotatable bonds is 3. The average Bonchev–Trinajstić information content (AvgIpc) is 2.47. The number of carbonyl (C=O) groups excluding carboxylic acids is 1. The summed E-state index contributed by atoms with van der Waals surface area (Å²) >= 11 is 2.11. The number of hydrogen-bond donors (Lipinski definition) is 0. The second-order valence-corrected chi connectivity index (χ2v) is 7.38. The van der Waals surface area contributed by atoms with Gasteiger partial charge in [0.15, 0.2) is 6.10 Å². The average molecular weight is 411 g/mol. The predicted octanol–water partition coefficient (Wildman–Crippen LogP) is 0.854. The van der Waals surface area contributed by atoms with Gasteiger partial charge in [0, 0.05) is 10.1 Å². The molecule has 0 N–H and O–H groups in total. The van der Waals surface area contributed by atoms with Crippen molar-refractivity contribution in [1.29, 1.82) is 0 Å². The summed E-state index contributed by atoms with van der Waals surface area (Å²) in [6, 6.07) is 6.57. The molecule has 1 atom stereocenters. The van der Waals surface area contributed by atoms with Crippen LogP contribution < -0.4 is 0 Å². The van der Waals surface area contributed by atoms with Gasteiger partial charge in [-0.25, -0.2) is 13.2 Å². The zero-order valence-electron chi connectivity index (χ0n) is 10.8. The Hall–Kier alpha value is -0.710. The van der Waals surface area contributed by atoms with Crippen molar-refractivity contribution < 1.29 is 22.7 Å². The Kier molecular flexibility index (Phi) is 4.99. The molecule has 1 unspecified atom stereocenters. The molecule has 1 aliphatic heterocycles. The third-order valence-corrected chi connectivity index (χ3v) is 5.54. The molecule has 1 aromatic carbocycles. The van der Waals surface area contributed by atoms with Gasteiger partial charge in [-0.15, -0.1) is 0 Å². The number of halogens is 1. The van der Waals surface area contributed by atoms with Gasteiger partial charge in [-0.05, 0) is 46.9 Å². The lowest BCUT2D eigenvalue weighted by molar-refractivity contribution is -0.157. The summed E-state index contributed by atoms with van der Waals surface area (Å²) in [6.07, 6.45) is -0.868. The maximum absolute atomic E-state index is 12.5. The van der Waals surface area contributed by atoms with E-state index in [1.165, 1.54) is 11.4 Å². The number of benzene rings is 1. The second kappa shape index (κ2) is 6.37. The van der Waals surface area contributed by atoms with E-state index in [1.54, 1.807) is 24.3 Å². The van der Waals surface area contributed by atoms with Crippen molar-refractivity contribution in [3.8, 4) is 0 Å². The lowest BCUT2D eigenvalue weighted by Gasteiger charge is -2.30. The second-order valence-electron chi connectivity index (χ2n) is 4.20. The van der Waals surface area contributed by atoms with Gasteiger partial charge in [-0.3, -0.25) is 0 Å². The molecule has 0 aliphatic carbocycles. The third kappa shape index (κ3) is 3.30. The van der Waals surface area contributed by atoms with Crippen LogP contribution in [0.25, 0.3) is 0 Å². The van der Waals surface area contributed by atoms with E-state index in [9.17, 15) is 13.2 Å². The smallest absolute Gasteiger partial charge is 0.336 e. The van der Waals surface area contributed by atoms with E-state index in [1.807, 2.05) is 0 Å². The SMILES string of the molecule is COC(=O)C1CN(S(=O)(=O)c2ccc(I)cc2)CCO1. The number of sulfonamides is 1. The molecule has 0 radical (unpaired) electrons. The number of methoxy groups -OCH3 is 1. The van der Waals surface area contributed by atoms with Crippen LogP contribution in [0.3, 0.4) is 0 Å². The molecule has 1 aliphatic rings. The molecular weight excluding hydrogens is 397 g/mol. The maximum atomic E-state index is 12.5. The van der Waals surface area contributed by atoms with E-state index in [0.29, 0.717) is 0 Å². The topological polar surface area (TPSA) is 72.9 Å². The van der Waals surface area contributed by atoms with Crippen LogP contribution in [-0.4, -0.2) is 51.6 Å². The molecule has 1 heterocycles. The number of nitrogens with zero attached hydrogens (tertiary/aromatic N) is 1. The maximum Gasteiger partial charge on any atom is 0.336 e. The summed E-state index contributed by atoms with van der Waals surface area (Å²) in [5.74, 6) is -0.562. The molecule has 0 amide bonds. The monoisotopic (exact) mass is 411 g/mol. The van der Waals surface area contributed by atoms with Crippen LogP contribution >= 0.6 is 22.6 Å². The Balaban J connectivity index is 2.21. The van der Waals surface area contributed by atoms with Crippen molar-refractivity contribution in [2.24, 2.45) is 0 Å². The summed E-state index contributed by atoms with van der Waals surface area (Å²) in [6.45, 7) is 0.367. The number of carbonyl (C=O) groups is 1. The predicted molar refractivity (Wildman–Crippen MR) is 79.7 cm³/mol. The molecule has 110 valence electrons. The van der Waals surface area contributed by atoms with Crippen molar-refractivity contribution in [3.05, 3.63) is 27.8 Å². The molecule has 0 bridgehead atoms. The van der Waals surface area contributed by atoms with Crippen LogP contribution in [-0.2, 0) is 24.3 Å². The fourth-order valence-electron chi connectivity index (χ4n) is 1.87. The first-order valence-corrected chi connectivity index (χ1v) is 8.42. The van der Waals surface area contributed by atoms with E-state index in [2.05, 4.69) is 27.3 Å². The summed E-state index contributed by atoms with van der Waals surface area (Å²) in [5, 5.41) is 0. The van der Waals surface area contributed by atoms with Crippen molar-refractivity contribution in [1.82, 2.24) is 4.31 Å². The lowest BCUT2D eigenvalue weighted by Crippen LogP contribution is -2.48.